The summed E-state index contributed by atoms with van der Waals surface area (Å²) in [6, 6.07) is 0.284. The fraction of sp³-hybridized carbons (Fsp3) is 0.583. The Bertz CT molecular complexity index is 418. The normalized spacial score (nSPS) is 12.0. The van der Waals surface area contributed by atoms with Crippen molar-refractivity contribution in [3.63, 3.8) is 0 Å². The lowest BCUT2D eigenvalue weighted by Crippen LogP contribution is -2.12. The summed E-state index contributed by atoms with van der Waals surface area (Å²) in [7, 11) is 1.54. The van der Waals surface area contributed by atoms with Crippen molar-refractivity contribution in [2.45, 2.75) is 33.2 Å². The molecule has 6 heteroatoms. The number of ether oxygens (including phenoxy) is 2. The summed E-state index contributed by atoms with van der Waals surface area (Å²) in [4.78, 5) is 12.1. The Morgan fingerprint density at radius 2 is 2.17 bits per heavy atom. The van der Waals surface area contributed by atoms with E-state index in [1.165, 1.54) is 18.4 Å². The lowest BCUT2D eigenvalue weighted by molar-refractivity contribution is 0.0533. The van der Waals surface area contributed by atoms with Gasteiger partial charge in [-0.05, 0) is 20.3 Å². The van der Waals surface area contributed by atoms with E-state index >= 15 is 0 Å². The van der Waals surface area contributed by atoms with Crippen LogP contribution in [0.5, 0.6) is 5.75 Å². The molecule has 5 nitrogen and oxygen atoms in total. The van der Waals surface area contributed by atoms with Crippen molar-refractivity contribution < 1.29 is 14.3 Å². The van der Waals surface area contributed by atoms with Crippen LogP contribution in [0.4, 0.5) is 10.7 Å². The van der Waals surface area contributed by atoms with E-state index in [1.54, 1.807) is 6.92 Å². The lowest BCUT2D eigenvalue weighted by Gasteiger charge is -2.12. The molecule has 0 bridgehead atoms. The number of thiophene rings is 1. The van der Waals surface area contributed by atoms with Crippen LogP contribution in [0.15, 0.2) is 0 Å². The van der Waals surface area contributed by atoms with Crippen LogP contribution in [-0.2, 0) is 4.74 Å². The van der Waals surface area contributed by atoms with E-state index in [0.717, 1.165) is 11.4 Å². The molecule has 0 aliphatic carbocycles. The van der Waals surface area contributed by atoms with E-state index in [9.17, 15) is 4.79 Å². The number of anilines is 2. The molecule has 3 N–H and O–H groups in total. The highest BCUT2D eigenvalue weighted by Gasteiger charge is 2.23. The molecule has 0 amide bonds. The molecule has 0 aliphatic rings. The Kier molecular flexibility index (Phi) is 5.27. The molecular weight excluding hydrogens is 252 g/mol. The summed E-state index contributed by atoms with van der Waals surface area (Å²) in [6.07, 6.45) is 0.968. The van der Waals surface area contributed by atoms with Gasteiger partial charge in [0.1, 0.15) is 15.6 Å². The predicted molar refractivity (Wildman–Crippen MR) is 74.6 cm³/mol. The predicted octanol–water partition coefficient (Wildman–Crippen LogP) is 2.73. The van der Waals surface area contributed by atoms with Gasteiger partial charge in [0, 0.05) is 6.04 Å². The van der Waals surface area contributed by atoms with Crippen LogP contribution >= 0.6 is 11.3 Å². The van der Waals surface area contributed by atoms with Crippen molar-refractivity contribution in [3.05, 3.63) is 4.88 Å². The average molecular weight is 272 g/mol. The van der Waals surface area contributed by atoms with Crippen LogP contribution in [-0.4, -0.2) is 25.7 Å². The van der Waals surface area contributed by atoms with Crippen molar-refractivity contribution in [1.29, 1.82) is 0 Å². The van der Waals surface area contributed by atoms with Crippen LogP contribution in [0.3, 0.4) is 0 Å². The molecule has 1 rings (SSSR count). The average Bonchev–Trinajstić information content (AvgIpc) is 2.65. The summed E-state index contributed by atoms with van der Waals surface area (Å²) in [6.45, 7) is 6.22. The Morgan fingerprint density at radius 3 is 2.67 bits per heavy atom. The van der Waals surface area contributed by atoms with E-state index in [2.05, 4.69) is 19.2 Å². The summed E-state index contributed by atoms with van der Waals surface area (Å²) < 4.78 is 10.2. The Labute approximate surface area is 111 Å². The number of rotatable bonds is 6. The molecule has 0 saturated heterocycles. The van der Waals surface area contributed by atoms with Gasteiger partial charge >= 0.3 is 5.97 Å². The first kappa shape index (κ1) is 14.6. The number of methoxy groups -OCH3 is 1. The van der Waals surface area contributed by atoms with Crippen molar-refractivity contribution in [1.82, 2.24) is 0 Å². The van der Waals surface area contributed by atoms with Gasteiger partial charge < -0.3 is 20.5 Å². The minimum absolute atomic E-state index is 0.284. The maximum absolute atomic E-state index is 11.7. The smallest absolute Gasteiger partial charge is 0.350 e. The number of carbonyl (C=O) groups excluding carboxylic acids is 1. The minimum atomic E-state index is -0.407. The molecule has 1 aromatic rings. The number of hydrogen-bond acceptors (Lipinski definition) is 6. The molecule has 0 spiro atoms. The maximum Gasteiger partial charge on any atom is 0.350 e. The van der Waals surface area contributed by atoms with Crippen LogP contribution in [0.25, 0.3) is 0 Å². The number of carbonyl (C=O) groups is 1. The quantitative estimate of drug-likeness (QED) is 0.779. The van der Waals surface area contributed by atoms with Crippen LogP contribution in [0.1, 0.15) is 36.9 Å². The van der Waals surface area contributed by atoms with Gasteiger partial charge in [0.15, 0.2) is 5.75 Å². The van der Waals surface area contributed by atoms with Crippen LogP contribution in [0, 0.1) is 0 Å². The molecule has 102 valence electrons. The zero-order valence-electron chi connectivity index (χ0n) is 11.2. The summed E-state index contributed by atoms with van der Waals surface area (Å²) in [5.74, 6) is 0.110. The molecule has 0 fully saturated rings. The van der Waals surface area contributed by atoms with Gasteiger partial charge in [-0.1, -0.05) is 6.92 Å². The Morgan fingerprint density at radius 1 is 1.50 bits per heavy atom. The second-order valence-electron chi connectivity index (χ2n) is 3.88. The molecule has 1 atom stereocenters. The largest absolute Gasteiger partial charge is 0.492 e. The standard InChI is InChI=1S/C12H20N2O3S/c1-5-7(3)14-11-9(16-4)8(13)10(18-11)12(15)17-6-2/h7,14H,5-6,13H2,1-4H3. The van der Waals surface area contributed by atoms with Gasteiger partial charge in [0.05, 0.1) is 13.7 Å². The molecule has 0 saturated carbocycles. The second-order valence-corrected chi connectivity index (χ2v) is 4.90. The fourth-order valence-corrected chi connectivity index (χ4v) is 2.50. The molecule has 18 heavy (non-hydrogen) atoms. The van der Waals surface area contributed by atoms with Gasteiger partial charge in [0.2, 0.25) is 0 Å². The molecule has 1 unspecified atom stereocenters. The maximum atomic E-state index is 11.7. The first-order chi connectivity index (χ1) is 8.54. The van der Waals surface area contributed by atoms with E-state index in [4.69, 9.17) is 15.2 Å². The van der Waals surface area contributed by atoms with E-state index in [-0.39, 0.29) is 6.04 Å². The molecule has 0 aliphatic heterocycles. The van der Waals surface area contributed by atoms with E-state index in [0.29, 0.717) is 22.9 Å². The number of nitrogen functional groups attached to an aromatic ring is 1. The highest BCUT2D eigenvalue weighted by atomic mass is 32.1. The SMILES string of the molecule is CCOC(=O)c1sc(NC(C)CC)c(OC)c1N. The third-order valence-corrected chi connectivity index (χ3v) is 3.65. The number of hydrogen-bond donors (Lipinski definition) is 2. The zero-order chi connectivity index (χ0) is 13.7. The first-order valence-corrected chi connectivity index (χ1v) is 6.76. The van der Waals surface area contributed by atoms with Gasteiger partial charge in [-0.15, -0.1) is 11.3 Å². The highest BCUT2D eigenvalue weighted by molar-refractivity contribution is 7.19. The van der Waals surface area contributed by atoms with Crippen LogP contribution < -0.4 is 15.8 Å². The number of nitrogens with one attached hydrogen (secondary N) is 1. The van der Waals surface area contributed by atoms with Gasteiger partial charge in [0.25, 0.3) is 0 Å². The zero-order valence-corrected chi connectivity index (χ0v) is 12.0. The molecule has 0 aromatic carbocycles. The number of nitrogens with two attached hydrogens (primary N) is 1. The van der Waals surface area contributed by atoms with Crippen molar-refractivity contribution >= 4 is 28.0 Å². The van der Waals surface area contributed by atoms with Crippen molar-refractivity contribution in [2.75, 3.05) is 24.8 Å². The third kappa shape index (κ3) is 3.07. The third-order valence-electron chi connectivity index (χ3n) is 2.55. The van der Waals surface area contributed by atoms with Gasteiger partial charge in [-0.25, -0.2) is 4.79 Å². The lowest BCUT2D eigenvalue weighted by atomic mass is 10.2. The molecule has 1 aromatic heterocycles. The van der Waals surface area contributed by atoms with Crippen molar-refractivity contribution in [3.8, 4) is 5.75 Å². The summed E-state index contributed by atoms with van der Waals surface area (Å²) in [5.41, 5.74) is 6.25. The molecule has 0 radical (unpaired) electrons. The number of esters is 1. The Hall–Kier alpha value is -1.43. The Balaban J connectivity index is 3.04. The highest BCUT2D eigenvalue weighted by Crippen LogP contribution is 2.43. The fourth-order valence-electron chi connectivity index (χ4n) is 1.40. The van der Waals surface area contributed by atoms with Gasteiger partial charge in [-0.2, -0.15) is 0 Å². The second kappa shape index (κ2) is 6.49. The van der Waals surface area contributed by atoms with E-state index < -0.39 is 5.97 Å². The van der Waals surface area contributed by atoms with E-state index in [1.807, 2.05) is 0 Å². The first-order valence-electron chi connectivity index (χ1n) is 5.94. The molecule has 1 heterocycles. The van der Waals surface area contributed by atoms with Gasteiger partial charge in [-0.3, -0.25) is 0 Å². The minimum Gasteiger partial charge on any atom is -0.492 e. The van der Waals surface area contributed by atoms with Crippen molar-refractivity contribution in [2.24, 2.45) is 0 Å². The molecular formula is C12H20N2O3S. The monoisotopic (exact) mass is 272 g/mol. The summed E-state index contributed by atoms with van der Waals surface area (Å²) in [5, 5.41) is 4.05. The van der Waals surface area contributed by atoms with Crippen LogP contribution in [0.2, 0.25) is 0 Å². The summed E-state index contributed by atoms with van der Waals surface area (Å²) >= 11 is 1.27. The topological polar surface area (TPSA) is 73.6 Å².